The molecule has 0 aliphatic carbocycles. The largest absolute Gasteiger partial charge is 0.462 e. The summed E-state index contributed by atoms with van der Waals surface area (Å²) in [5.41, 5.74) is 0. The number of ether oxygens (including phenoxy) is 3. The molecule has 0 aromatic heterocycles. The summed E-state index contributed by atoms with van der Waals surface area (Å²) >= 11 is 0. The molecule has 0 aromatic rings. The van der Waals surface area contributed by atoms with Gasteiger partial charge in [0.1, 0.15) is 13.2 Å². The van der Waals surface area contributed by atoms with E-state index in [1.54, 1.807) is 0 Å². The van der Waals surface area contributed by atoms with Crippen LogP contribution in [0.5, 0.6) is 0 Å². The second-order valence-electron chi connectivity index (χ2n) is 18.1. The second kappa shape index (κ2) is 54.9. The monoisotopic (exact) mass is 931 g/mol. The van der Waals surface area contributed by atoms with Gasteiger partial charge < -0.3 is 14.2 Å². The summed E-state index contributed by atoms with van der Waals surface area (Å²) in [4.78, 5) is 38.0. The van der Waals surface area contributed by atoms with Crippen LogP contribution in [0.4, 0.5) is 0 Å². The molecule has 0 saturated carbocycles. The van der Waals surface area contributed by atoms with E-state index in [9.17, 15) is 14.4 Å². The van der Waals surface area contributed by atoms with E-state index in [0.29, 0.717) is 19.3 Å². The fourth-order valence-electron chi connectivity index (χ4n) is 7.44. The highest BCUT2D eigenvalue weighted by Crippen LogP contribution is 2.14. The van der Waals surface area contributed by atoms with Crippen LogP contribution in [0.25, 0.3) is 0 Å². The predicted molar refractivity (Wildman–Crippen MR) is 288 cm³/mol. The molecule has 0 radical (unpaired) electrons. The molecule has 382 valence electrons. The van der Waals surface area contributed by atoms with Crippen molar-refractivity contribution in [2.24, 2.45) is 0 Å². The van der Waals surface area contributed by atoms with Crippen LogP contribution < -0.4 is 0 Å². The molecule has 0 rings (SSSR count). The van der Waals surface area contributed by atoms with Gasteiger partial charge in [-0.25, -0.2) is 0 Å². The van der Waals surface area contributed by atoms with Crippen molar-refractivity contribution in [1.29, 1.82) is 0 Å². The van der Waals surface area contributed by atoms with Crippen molar-refractivity contribution < 1.29 is 28.6 Å². The zero-order valence-corrected chi connectivity index (χ0v) is 43.6. The van der Waals surface area contributed by atoms with Crippen LogP contribution >= 0.6 is 0 Å². The van der Waals surface area contributed by atoms with Crippen LogP contribution in [-0.4, -0.2) is 37.2 Å². The molecule has 0 fully saturated rings. The number of carbonyl (C=O) groups excluding carboxylic acids is 3. The van der Waals surface area contributed by atoms with Gasteiger partial charge in [-0.05, 0) is 89.9 Å². The van der Waals surface area contributed by atoms with Gasteiger partial charge in [0.15, 0.2) is 6.10 Å². The Labute approximate surface area is 413 Å². The van der Waals surface area contributed by atoms with Crippen LogP contribution in [0.3, 0.4) is 0 Å². The van der Waals surface area contributed by atoms with Crippen molar-refractivity contribution in [3.8, 4) is 0 Å². The summed E-state index contributed by atoms with van der Waals surface area (Å²) in [6.45, 7) is 6.43. The maximum atomic E-state index is 12.8. The Morgan fingerprint density at radius 3 is 0.970 bits per heavy atom. The maximum absolute atomic E-state index is 12.8. The molecule has 0 aliphatic rings. The Bertz CT molecular complexity index is 1350. The van der Waals surface area contributed by atoms with Crippen molar-refractivity contribution in [2.45, 2.75) is 258 Å². The third-order valence-corrected chi connectivity index (χ3v) is 11.6. The third kappa shape index (κ3) is 53.2. The van der Waals surface area contributed by atoms with Crippen LogP contribution in [0.15, 0.2) is 97.2 Å². The quantitative estimate of drug-likeness (QED) is 0.0262. The molecule has 0 aromatic carbocycles. The Hall–Kier alpha value is -3.67. The van der Waals surface area contributed by atoms with Crippen molar-refractivity contribution in [2.75, 3.05) is 13.2 Å². The molecule has 67 heavy (non-hydrogen) atoms. The lowest BCUT2D eigenvalue weighted by Crippen LogP contribution is -2.30. The fraction of sp³-hybridized carbons (Fsp3) is 0.689. The summed E-state index contributed by atoms with van der Waals surface area (Å²) in [6, 6.07) is 0. The lowest BCUT2D eigenvalue weighted by molar-refractivity contribution is -0.166. The van der Waals surface area contributed by atoms with Gasteiger partial charge in [0.2, 0.25) is 0 Å². The Balaban J connectivity index is 4.41. The van der Waals surface area contributed by atoms with E-state index >= 15 is 0 Å². The normalized spacial score (nSPS) is 12.8. The molecular formula is C61H102O6. The second-order valence-corrected chi connectivity index (χ2v) is 18.1. The molecule has 0 bridgehead atoms. The summed E-state index contributed by atoms with van der Waals surface area (Å²) in [7, 11) is 0. The first-order valence-corrected chi connectivity index (χ1v) is 27.7. The minimum absolute atomic E-state index is 0.108. The summed E-state index contributed by atoms with van der Waals surface area (Å²) < 4.78 is 16.7. The standard InChI is InChI=1S/C61H102O6/c1-4-7-10-13-16-19-21-23-25-27-29-30-32-33-35-37-39-42-45-48-51-54-60(63)66-57-58(56-65-59(62)53-50-47-44-41-18-15-12-9-6-3)67-61(64)55-52-49-46-43-40-38-36-34-31-28-26-24-22-20-17-14-11-8-5-2/h8,11,17,20-21,23-24,26-27,29,31,34,38,40,46,49,58H,4-7,9-10,12-16,18-19,22,25,28,30,32-33,35-37,39,41-45,47-48,50-57H2,1-3H3/b11-8-,20-17-,23-21-,26-24-,29-27-,34-31-,40-38-,49-46-. The first-order valence-electron chi connectivity index (χ1n) is 27.7. The molecule has 1 unspecified atom stereocenters. The van der Waals surface area contributed by atoms with Crippen molar-refractivity contribution >= 4 is 17.9 Å². The van der Waals surface area contributed by atoms with Crippen LogP contribution in [-0.2, 0) is 28.6 Å². The minimum atomic E-state index is -0.818. The lowest BCUT2D eigenvalue weighted by Gasteiger charge is -2.18. The van der Waals surface area contributed by atoms with E-state index < -0.39 is 12.1 Å². The van der Waals surface area contributed by atoms with Crippen LogP contribution in [0.2, 0.25) is 0 Å². The summed E-state index contributed by atoms with van der Waals surface area (Å²) in [5, 5.41) is 0. The van der Waals surface area contributed by atoms with Gasteiger partial charge in [-0.3, -0.25) is 14.4 Å². The first-order chi connectivity index (χ1) is 33.0. The molecular weight excluding hydrogens is 829 g/mol. The number of hydrogen-bond acceptors (Lipinski definition) is 6. The van der Waals surface area contributed by atoms with Crippen LogP contribution in [0.1, 0.15) is 252 Å². The molecule has 0 spiro atoms. The van der Waals surface area contributed by atoms with Crippen molar-refractivity contribution in [3.63, 3.8) is 0 Å². The Morgan fingerprint density at radius 1 is 0.313 bits per heavy atom. The number of hydrogen-bond donors (Lipinski definition) is 0. The van der Waals surface area contributed by atoms with E-state index in [1.165, 1.54) is 122 Å². The molecule has 6 nitrogen and oxygen atoms in total. The Morgan fingerprint density at radius 2 is 0.612 bits per heavy atom. The average molecular weight is 931 g/mol. The van der Waals surface area contributed by atoms with E-state index in [1.807, 2.05) is 12.2 Å². The lowest BCUT2D eigenvalue weighted by atomic mass is 10.1. The zero-order valence-electron chi connectivity index (χ0n) is 43.6. The van der Waals surface area contributed by atoms with Gasteiger partial charge in [-0.2, -0.15) is 0 Å². The first kappa shape index (κ1) is 63.3. The van der Waals surface area contributed by atoms with Crippen molar-refractivity contribution in [1.82, 2.24) is 0 Å². The van der Waals surface area contributed by atoms with Crippen molar-refractivity contribution in [3.05, 3.63) is 97.2 Å². The Kier molecular flexibility index (Phi) is 51.9. The van der Waals surface area contributed by atoms with Gasteiger partial charge in [0, 0.05) is 19.3 Å². The molecule has 0 aliphatic heterocycles. The van der Waals surface area contributed by atoms with E-state index in [2.05, 4.69) is 106 Å². The average Bonchev–Trinajstić information content (AvgIpc) is 3.33. The number of esters is 3. The highest BCUT2D eigenvalue weighted by atomic mass is 16.6. The van der Waals surface area contributed by atoms with E-state index in [4.69, 9.17) is 14.2 Å². The molecule has 1 atom stereocenters. The highest BCUT2D eigenvalue weighted by Gasteiger charge is 2.19. The number of unbranched alkanes of at least 4 members (excludes halogenated alkanes) is 22. The summed E-state index contributed by atoms with van der Waals surface area (Å²) in [5.74, 6) is -1.000. The molecule has 0 amide bonds. The molecule has 6 heteroatoms. The van der Waals surface area contributed by atoms with Gasteiger partial charge in [-0.1, -0.05) is 240 Å². The predicted octanol–water partition coefficient (Wildman–Crippen LogP) is 18.5. The maximum Gasteiger partial charge on any atom is 0.306 e. The molecule has 0 saturated heterocycles. The highest BCUT2D eigenvalue weighted by molar-refractivity contribution is 5.71. The van der Waals surface area contributed by atoms with Gasteiger partial charge in [0.25, 0.3) is 0 Å². The molecule has 0 N–H and O–H groups in total. The third-order valence-electron chi connectivity index (χ3n) is 11.6. The van der Waals surface area contributed by atoms with Gasteiger partial charge in [0.05, 0.1) is 0 Å². The fourth-order valence-corrected chi connectivity index (χ4v) is 7.44. The number of rotatable bonds is 49. The van der Waals surface area contributed by atoms with E-state index in [0.717, 1.165) is 83.5 Å². The van der Waals surface area contributed by atoms with Gasteiger partial charge >= 0.3 is 17.9 Å². The smallest absolute Gasteiger partial charge is 0.306 e. The van der Waals surface area contributed by atoms with E-state index in [-0.39, 0.29) is 31.6 Å². The number of allylic oxidation sites excluding steroid dienone is 16. The minimum Gasteiger partial charge on any atom is -0.462 e. The number of carbonyl (C=O) groups is 3. The topological polar surface area (TPSA) is 78.9 Å². The SMILES string of the molecule is CC/C=C\C/C=C\C/C=C\C/C=C\C/C=C\C/C=C\CCC(=O)OC(COC(=O)CCCCCCCCCCC)COC(=O)CCCCCCCCCCC/C=C\C/C=C\CCCCCCC. The van der Waals surface area contributed by atoms with Gasteiger partial charge in [-0.15, -0.1) is 0 Å². The zero-order chi connectivity index (χ0) is 48.6. The molecule has 0 heterocycles. The van der Waals surface area contributed by atoms with Crippen LogP contribution in [0, 0.1) is 0 Å². The summed E-state index contributed by atoms with van der Waals surface area (Å²) in [6.07, 6.45) is 72.7.